The number of piperidine rings is 1. The van der Waals surface area contributed by atoms with Crippen LogP contribution in [0, 0.1) is 11.3 Å². The zero-order chi connectivity index (χ0) is 26.1. The largest absolute Gasteiger partial charge is 0.382 e. The van der Waals surface area contributed by atoms with E-state index in [1.165, 1.54) is 0 Å². The third kappa shape index (κ3) is 5.11. The average molecular weight is 516 g/mol. The SMILES string of the molecule is CC(=O)NC1CCN(c2nnc(-c3cnc(-c4ccc5cc(C#N)cnn45)cc3NC(C)C)s2)[C@@H](C)C1. The molecule has 4 aromatic heterocycles. The monoisotopic (exact) mass is 515 g/mol. The number of amides is 1. The van der Waals surface area contributed by atoms with Crippen LogP contribution in [-0.2, 0) is 4.79 Å². The highest BCUT2D eigenvalue weighted by Crippen LogP contribution is 2.37. The highest BCUT2D eigenvalue weighted by molar-refractivity contribution is 7.18. The van der Waals surface area contributed by atoms with E-state index in [2.05, 4.69) is 57.7 Å². The van der Waals surface area contributed by atoms with Crippen molar-refractivity contribution in [1.29, 1.82) is 5.26 Å². The Balaban J connectivity index is 1.44. The van der Waals surface area contributed by atoms with E-state index in [0.717, 1.165) is 57.7 Å². The van der Waals surface area contributed by atoms with Crippen LogP contribution in [0.1, 0.15) is 46.1 Å². The molecule has 1 aliphatic rings. The highest BCUT2D eigenvalue weighted by Gasteiger charge is 2.28. The summed E-state index contributed by atoms with van der Waals surface area (Å²) in [5, 5.41) is 30.9. The first-order valence-electron chi connectivity index (χ1n) is 12.3. The number of aromatic nitrogens is 5. The van der Waals surface area contributed by atoms with Crippen molar-refractivity contribution in [3.63, 3.8) is 0 Å². The number of pyridine rings is 1. The molecule has 190 valence electrons. The van der Waals surface area contributed by atoms with Crippen molar-refractivity contribution in [2.24, 2.45) is 0 Å². The zero-order valence-electron chi connectivity index (χ0n) is 21.3. The van der Waals surface area contributed by atoms with Gasteiger partial charge in [0, 0.05) is 43.5 Å². The van der Waals surface area contributed by atoms with Crippen LogP contribution in [0.4, 0.5) is 10.8 Å². The quantitative estimate of drug-likeness (QED) is 0.393. The topological polar surface area (TPSA) is 124 Å². The van der Waals surface area contributed by atoms with Crippen molar-refractivity contribution in [3.8, 4) is 28.0 Å². The summed E-state index contributed by atoms with van der Waals surface area (Å²) in [6, 6.07) is 10.5. The Labute approximate surface area is 219 Å². The predicted octanol–water partition coefficient (Wildman–Crippen LogP) is 4.10. The number of rotatable bonds is 6. The number of hydrogen-bond acceptors (Lipinski definition) is 9. The van der Waals surface area contributed by atoms with Crippen LogP contribution in [0.3, 0.4) is 0 Å². The lowest BCUT2D eigenvalue weighted by Crippen LogP contribution is -2.48. The van der Waals surface area contributed by atoms with Gasteiger partial charge in [-0.3, -0.25) is 9.78 Å². The maximum absolute atomic E-state index is 11.5. The third-order valence-corrected chi connectivity index (χ3v) is 7.41. The average Bonchev–Trinajstić information content (AvgIpc) is 3.50. The van der Waals surface area contributed by atoms with Crippen LogP contribution in [0.25, 0.3) is 27.5 Å². The molecular formula is C26H29N9OS. The molecule has 4 aromatic rings. The van der Waals surface area contributed by atoms with Gasteiger partial charge in [-0.2, -0.15) is 10.4 Å². The molecular weight excluding hydrogens is 486 g/mol. The van der Waals surface area contributed by atoms with Gasteiger partial charge in [0.15, 0.2) is 5.01 Å². The number of nitrogens with one attached hydrogen (secondary N) is 2. The number of hydrogen-bond donors (Lipinski definition) is 2. The second-order valence-corrected chi connectivity index (χ2v) is 10.6. The van der Waals surface area contributed by atoms with Gasteiger partial charge in [0.2, 0.25) is 11.0 Å². The van der Waals surface area contributed by atoms with Crippen LogP contribution in [-0.4, -0.2) is 55.4 Å². The molecule has 11 heteroatoms. The first-order chi connectivity index (χ1) is 17.8. The first-order valence-corrected chi connectivity index (χ1v) is 13.2. The number of nitriles is 1. The molecule has 2 N–H and O–H groups in total. The summed E-state index contributed by atoms with van der Waals surface area (Å²) in [5.74, 6) is 0.0147. The van der Waals surface area contributed by atoms with Crippen LogP contribution in [0.5, 0.6) is 0 Å². The number of anilines is 2. The Morgan fingerprint density at radius 2 is 2.08 bits per heavy atom. The summed E-state index contributed by atoms with van der Waals surface area (Å²) in [6.07, 6.45) is 5.14. The Morgan fingerprint density at radius 3 is 2.81 bits per heavy atom. The number of nitrogens with zero attached hydrogens (tertiary/aromatic N) is 7. The molecule has 1 saturated heterocycles. The Kier molecular flexibility index (Phi) is 6.76. The second-order valence-electron chi connectivity index (χ2n) is 9.68. The van der Waals surface area contributed by atoms with Crippen LogP contribution in [0.15, 0.2) is 36.7 Å². The molecule has 0 saturated carbocycles. The van der Waals surface area contributed by atoms with Crippen molar-refractivity contribution in [1.82, 2.24) is 30.1 Å². The van der Waals surface area contributed by atoms with Gasteiger partial charge in [0.1, 0.15) is 6.07 Å². The maximum Gasteiger partial charge on any atom is 0.217 e. The maximum atomic E-state index is 11.5. The van der Waals surface area contributed by atoms with Crippen molar-refractivity contribution in [2.75, 3.05) is 16.8 Å². The van der Waals surface area contributed by atoms with Gasteiger partial charge < -0.3 is 15.5 Å². The highest BCUT2D eigenvalue weighted by atomic mass is 32.1. The zero-order valence-corrected chi connectivity index (χ0v) is 22.1. The lowest BCUT2D eigenvalue weighted by Gasteiger charge is -2.37. The summed E-state index contributed by atoms with van der Waals surface area (Å²) < 4.78 is 1.79. The second kappa shape index (κ2) is 10.1. The van der Waals surface area contributed by atoms with Gasteiger partial charge in [-0.15, -0.1) is 10.2 Å². The van der Waals surface area contributed by atoms with Gasteiger partial charge in [0.25, 0.3) is 0 Å². The van der Waals surface area contributed by atoms with Crippen molar-refractivity contribution in [2.45, 2.75) is 58.7 Å². The molecule has 2 atom stereocenters. The van der Waals surface area contributed by atoms with Crippen molar-refractivity contribution in [3.05, 3.63) is 42.2 Å². The summed E-state index contributed by atoms with van der Waals surface area (Å²) >= 11 is 1.55. The minimum atomic E-state index is 0.0147. The standard InChI is InChI=1S/C26H29N9OS/c1-15(2)30-22-11-23(24-6-5-20-10-18(12-27)13-29-35(20)24)28-14-21(22)25-32-33-26(37-25)34-8-7-19(9-16(34)3)31-17(4)36/h5-6,10-11,13-16,19H,7-9H2,1-4H3,(H,28,30)(H,31,36)/t16-,19?/m0/s1. The number of carbonyl (C=O) groups is 1. The minimum absolute atomic E-state index is 0.0147. The molecule has 5 rings (SSSR count). The Bertz CT molecular complexity index is 1480. The molecule has 1 amide bonds. The molecule has 5 heterocycles. The van der Waals surface area contributed by atoms with Crippen LogP contribution >= 0.6 is 11.3 Å². The lowest BCUT2D eigenvalue weighted by atomic mass is 9.99. The Morgan fingerprint density at radius 1 is 1.24 bits per heavy atom. The van der Waals surface area contributed by atoms with E-state index >= 15 is 0 Å². The van der Waals surface area contributed by atoms with E-state index < -0.39 is 0 Å². The predicted molar refractivity (Wildman–Crippen MR) is 144 cm³/mol. The molecule has 1 aliphatic heterocycles. The molecule has 1 unspecified atom stereocenters. The Hall–Kier alpha value is -4.04. The fourth-order valence-electron chi connectivity index (χ4n) is 4.77. The smallest absolute Gasteiger partial charge is 0.217 e. The number of carbonyl (C=O) groups excluding carboxylic acids is 1. The summed E-state index contributed by atoms with van der Waals surface area (Å²) in [7, 11) is 0. The van der Waals surface area contributed by atoms with Crippen LogP contribution < -0.4 is 15.5 Å². The minimum Gasteiger partial charge on any atom is -0.382 e. The van der Waals surface area contributed by atoms with E-state index in [1.807, 2.05) is 24.4 Å². The van der Waals surface area contributed by atoms with E-state index in [4.69, 9.17) is 4.98 Å². The molecule has 0 aromatic carbocycles. The van der Waals surface area contributed by atoms with Gasteiger partial charge in [-0.1, -0.05) is 11.3 Å². The number of fused-ring (bicyclic) bond motifs is 1. The van der Waals surface area contributed by atoms with Gasteiger partial charge >= 0.3 is 0 Å². The molecule has 0 bridgehead atoms. The molecule has 37 heavy (non-hydrogen) atoms. The van der Waals surface area contributed by atoms with Crippen molar-refractivity contribution < 1.29 is 4.79 Å². The summed E-state index contributed by atoms with van der Waals surface area (Å²) in [4.78, 5) is 18.5. The van der Waals surface area contributed by atoms with Gasteiger partial charge in [-0.05, 0) is 57.9 Å². The van der Waals surface area contributed by atoms with E-state index in [1.54, 1.807) is 35.0 Å². The lowest BCUT2D eigenvalue weighted by molar-refractivity contribution is -0.119. The molecule has 0 aliphatic carbocycles. The first kappa shape index (κ1) is 24.6. The van der Waals surface area contributed by atoms with E-state index in [9.17, 15) is 10.1 Å². The van der Waals surface area contributed by atoms with Gasteiger partial charge in [0.05, 0.1) is 34.2 Å². The summed E-state index contributed by atoms with van der Waals surface area (Å²) in [5.41, 5.74) is 4.77. The normalized spacial score (nSPS) is 17.7. The molecule has 1 fully saturated rings. The molecule has 0 spiro atoms. The van der Waals surface area contributed by atoms with Gasteiger partial charge in [-0.25, -0.2) is 4.52 Å². The fraction of sp³-hybridized carbons (Fsp3) is 0.385. The fourth-order valence-corrected chi connectivity index (χ4v) is 5.76. The van der Waals surface area contributed by atoms with Crippen molar-refractivity contribution >= 4 is 33.6 Å². The molecule has 0 radical (unpaired) electrons. The van der Waals surface area contributed by atoms with E-state index in [-0.39, 0.29) is 24.0 Å². The van der Waals surface area contributed by atoms with Crippen LogP contribution in [0.2, 0.25) is 0 Å². The molecule has 10 nitrogen and oxygen atoms in total. The van der Waals surface area contributed by atoms with E-state index in [0.29, 0.717) is 5.56 Å². The summed E-state index contributed by atoms with van der Waals surface area (Å²) in [6.45, 7) is 8.72. The third-order valence-electron chi connectivity index (χ3n) is 6.41.